The quantitative estimate of drug-likeness (QED) is 0.789. The molecule has 0 radical (unpaired) electrons. The molecule has 0 atom stereocenters. The smallest absolute Gasteiger partial charge is 0.251 e. The van der Waals surface area contributed by atoms with Crippen LogP contribution in [0.25, 0.3) is 0 Å². The Morgan fingerprint density at radius 1 is 1.37 bits per heavy atom. The molecule has 19 heavy (non-hydrogen) atoms. The Kier molecular flexibility index (Phi) is 5.80. The molecule has 0 saturated heterocycles. The molecule has 1 N–H and O–H groups in total. The van der Waals surface area contributed by atoms with Gasteiger partial charge in [-0.25, -0.2) is 4.39 Å². The Hall–Kier alpha value is -1.09. The van der Waals surface area contributed by atoms with Crippen LogP contribution in [0.2, 0.25) is 0 Å². The fourth-order valence-corrected chi connectivity index (χ4v) is 2.41. The molecule has 0 aromatic heterocycles. The molecule has 0 aliphatic carbocycles. The number of hydrogen-bond donors (Lipinski definition) is 1. The second-order valence-corrected chi connectivity index (χ2v) is 5.25. The van der Waals surface area contributed by atoms with Gasteiger partial charge in [0.25, 0.3) is 5.91 Å². The van der Waals surface area contributed by atoms with Gasteiger partial charge in [0.05, 0.1) is 0 Å². The molecular formula is C15H21ClFNO. The monoisotopic (exact) mass is 285 g/mol. The maximum Gasteiger partial charge on any atom is 0.251 e. The van der Waals surface area contributed by atoms with E-state index >= 15 is 0 Å². The third kappa shape index (κ3) is 3.93. The van der Waals surface area contributed by atoms with E-state index < -0.39 is 5.82 Å². The molecule has 0 bridgehead atoms. The number of amides is 1. The minimum absolute atomic E-state index is 0.0849. The third-order valence-electron chi connectivity index (χ3n) is 3.85. The minimum atomic E-state index is -0.398. The van der Waals surface area contributed by atoms with Crippen molar-refractivity contribution < 1.29 is 9.18 Å². The highest BCUT2D eigenvalue weighted by Crippen LogP contribution is 2.27. The maximum atomic E-state index is 13.2. The third-order valence-corrected chi connectivity index (χ3v) is 4.42. The van der Waals surface area contributed by atoms with E-state index in [2.05, 4.69) is 19.2 Å². The van der Waals surface area contributed by atoms with Gasteiger partial charge in [-0.05, 0) is 37.5 Å². The maximum absolute atomic E-state index is 13.2. The second kappa shape index (κ2) is 6.90. The molecule has 0 heterocycles. The summed E-state index contributed by atoms with van der Waals surface area (Å²) in [7, 11) is 0. The van der Waals surface area contributed by atoms with Crippen LogP contribution in [0.4, 0.5) is 4.39 Å². The van der Waals surface area contributed by atoms with E-state index in [4.69, 9.17) is 11.6 Å². The van der Waals surface area contributed by atoms with Crippen molar-refractivity contribution in [3.05, 3.63) is 35.1 Å². The molecular weight excluding hydrogens is 265 g/mol. The summed E-state index contributed by atoms with van der Waals surface area (Å²) >= 11 is 6.00. The van der Waals surface area contributed by atoms with Gasteiger partial charge in [0, 0.05) is 23.4 Å². The van der Waals surface area contributed by atoms with Crippen molar-refractivity contribution >= 4 is 17.5 Å². The molecule has 1 aromatic carbocycles. The minimum Gasteiger partial charge on any atom is -0.351 e. The lowest BCUT2D eigenvalue weighted by molar-refractivity contribution is 0.0930. The van der Waals surface area contributed by atoms with Gasteiger partial charge in [-0.1, -0.05) is 19.9 Å². The first-order valence-corrected chi connectivity index (χ1v) is 7.11. The first-order chi connectivity index (χ1) is 8.98. The molecule has 1 aromatic rings. The summed E-state index contributed by atoms with van der Waals surface area (Å²) in [6.07, 6.45) is 1.80. The second-order valence-electron chi connectivity index (χ2n) is 4.98. The Morgan fingerprint density at radius 2 is 2.00 bits per heavy atom. The number of hydrogen-bond acceptors (Lipinski definition) is 1. The summed E-state index contributed by atoms with van der Waals surface area (Å²) in [6, 6.07) is 4.23. The van der Waals surface area contributed by atoms with E-state index in [0.29, 0.717) is 18.0 Å². The average molecular weight is 286 g/mol. The highest BCUT2D eigenvalue weighted by Gasteiger charge is 2.26. The van der Waals surface area contributed by atoms with E-state index in [1.165, 1.54) is 12.1 Å². The van der Waals surface area contributed by atoms with Crippen molar-refractivity contribution in [2.45, 2.75) is 33.6 Å². The number of rotatable bonds is 6. The zero-order chi connectivity index (χ0) is 14.5. The van der Waals surface area contributed by atoms with Crippen molar-refractivity contribution in [1.29, 1.82) is 0 Å². The zero-order valence-electron chi connectivity index (χ0n) is 11.7. The molecule has 1 rings (SSSR count). The molecule has 106 valence electrons. The van der Waals surface area contributed by atoms with Gasteiger partial charge in [-0.2, -0.15) is 0 Å². The predicted octanol–water partition coefficient (Wildman–Crippen LogP) is 3.91. The highest BCUT2D eigenvalue weighted by atomic mass is 35.5. The van der Waals surface area contributed by atoms with Crippen LogP contribution in [-0.2, 0) is 0 Å². The number of nitrogens with one attached hydrogen (secondary N) is 1. The van der Waals surface area contributed by atoms with Crippen LogP contribution in [0.1, 0.15) is 42.6 Å². The molecule has 4 heteroatoms. The lowest BCUT2D eigenvalue weighted by atomic mass is 9.84. The molecule has 0 aliphatic rings. The average Bonchev–Trinajstić information content (AvgIpc) is 2.43. The van der Waals surface area contributed by atoms with Crippen LogP contribution in [-0.4, -0.2) is 18.3 Å². The van der Waals surface area contributed by atoms with Gasteiger partial charge in [-0.3, -0.25) is 4.79 Å². The van der Waals surface area contributed by atoms with Gasteiger partial charge < -0.3 is 5.32 Å². The first-order valence-electron chi connectivity index (χ1n) is 6.58. The Bertz CT molecular complexity index is 436. The van der Waals surface area contributed by atoms with Crippen molar-refractivity contribution in [3.8, 4) is 0 Å². The number of carbonyl (C=O) groups excluding carboxylic acids is 1. The van der Waals surface area contributed by atoms with E-state index in [1.54, 1.807) is 13.0 Å². The van der Waals surface area contributed by atoms with Crippen LogP contribution in [0, 0.1) is 18.2 Å². The van der Waals surface area contributed by atoms with Gasteiger partial charge in [0.2, 0.25) is 0 Å². The Labute approximate surface area is 119 Å². The molecule has 1 amide bonds. The fraction of sp³-hybridized carbons (Fsp3) is 0.533. The molecule has 0 saturated carbocycles. The van der Waals surface area contributed by atoms with Gasteiger partial charge in [0.15, 0.2) is 0 Å². The summed E-state index contributed by atoms with van der Waals surface area (Å²) in [5.41, 5.74) is 1.07. The lowest BCUT2D eigenvalue weighted by Crippen LogP contribution is -2.38. The van der Waals surface area contributed by atoms with E-state index in [9.17, 15) is 9.18 Å². The van der Waals surface area contributed by atoms with Crippen LogP contribution >= 0.6 is 11.6 Å². The van der Waals surface area contributed by atoms with Crippen LogP contribution in [0.3, 0.4) is 0 Å². The first kappa shape index (κ1) is 16.0. The van der Waals surface area contributed by atoms with Crippen LogP contribution < -0.4 is 5.32 Å². The summed E-state index contributed by atoms with van der Waals surface area (Å²) in [5.74, 6) is -0.138. The Balaban J connectivity index is 2.77. The molecule has 0 aliphatic heterocycles. The largest absolute Gasteiger partial charge is 0.351 e. The number of alkyl halides is 1. The molecule has 0 spiro atoms. The van der Waals surface area contributed by atoms with Crippen molar-refractivity contribution in [1.82, 2.24) is 5.32 Å². The number of aryl methyl sites for hydroxylation is 1. The topological polar surface area (TPSA) is 29.1 Å². The zero-order valence-corrected chi connectivity index (χ0v) is 12.5. The van der Waals surface area contributed by atoms with Gasteiger partial charge in [-0.15, -0.1) is 11.6 Å². The number of carbonyl (C=O) groups is 1. The fourth-order valence-electron chi connectivity index (χ4n) is 1.94. The van der Waals surface area contributed by atoms with E-state index in [0.717, 1.165) is 18.4 Å². The van der Waals surface area contributed by atoms with Crippen LogP contribution in [0.15, 0.2) is 18.2 Å². The predicted molar refractivity (Wildman–Crippen MR) is 77.2 cm³/mol. The summed E-state index contributed by atoms with van der Waals surface area (Å²) in [6.45, 7) is 6.43. The van der Waals surface area contributed by atoms with Crippen molar-refractivity contribution in [2.75, 3.05) is 12.4 Å². The number of halogens is 2. The summed E-state index contributed by atoms with van der Waals surface area (Å²) in [4.78, 5) is 12.1. The molecule has 0 fully saturated rings. The number of benzene rings is 1. The lowest BCUT2D eigenvalue weighted by Gasteiger charge is -2.29. The molecule has 0 unspecified atom stereocenters. The Morgan fingerprint density at radius 3 is 2.53 bits per heavy atom. The van der Waals surface area contributed by atoms with Crippen LogP contribution in [0.5, 0.6) is 0 Å². The van der Waals surface area contributed by atoms with Crippen molar-refractivity contribution in [3.63, 3.8) is 0 Å². The van der Waals surface area contributed by atoms with Crippen molar-refractivity contribution in [2.24, 2.45) is 5.41 Å². The summed E-state index contributed by atoms with van der Waals surface area (Å²) in [5, 5.41) is 2.87. The van der Waals surface area contributed by atoms with Gasteiger partial charge in [0.1, 0.15) is 5.82 Å². The highest BCUT2D eigenvalue weighted by molar-refractivity contribution is 6.18. The summed E-state index contributed by atoms with van der Waals surface area (Å²) < 4.78 is 13.2. The van der Waals surface area contributed by atoms with Gasteiger partial charge >= 0.3 is 0 Å². The molecule has 2 nitrogen and oxygen atoms in total. The standard InChI is InChI=1S/C15H21ClFNO/c1-4-15(5-2,9-16)10-18-14(19)13-8-12(17)7-6-11(13)3/h6-8H,4-5,9-10H2,1-3H3,(H,18,19). The van der Waals surface area contributed by atoms with E-state index in [1.807, 2.05) is 0 Å². The SMILES string of the molecule is CCC(CC)(CCl)CNC(=O)c1cc(F)ccc1C. The van der Waals surface area contributed by atoms with E-state index in [-0.39, 0.29) is 11.3 Å². The normalized spacial score (nSPS) is 11.4.